The molecule has 7 aromatic rings. The lowest BCUT2D eigenvalue weighted by atomic mass is 9.74. The fraction of sp³-hybridized carbons (Fsp3) is 0.511. The monoisotopic (exact) mass is 1640 g/mol. The summed E-state index contributed by atoms with van der Waals surface area (Å²) in [5.74, 6) is 0.771. The molecular formula is C92H123Cl2F4N9O7S. The van der Waals surface area contributed by atoms with Crippen LogP contribution in [-0.2, 0) is 67.1 Å². The number of hydrogen-bond acceptors (Lipinski definition) is 13. The molecule has 115 heavy (non-hydrogen) atoms. The van der Waals surface area contributed by atoms with E-state index < -0.39 is 11.7 Å². The van der Waals surface area contributed by atoms with Crippen LogP contribution in [0.2, 0.25) is 10.0 Å². The SMILES string of the molecule is CCOCC(=O)NC1CCC(Cc2ccccc2F)(N(C)C)CC1.CN(C)C1(Cc2ccc(Cl)cc2)CCC(NC(=O)COCc2ccccc2)CC1.CN(C)C1(Cc2ccccc2)CCC(NC(=O)CSc2ccc(C(F)(F)F)cn2)CC1.Cc1cc(Cl)ccc1OCCCC(=O)NC1CCC(Cc2ccccc2)(N(C)C)CC1. The van der Waals surface area contributed by atoms with Crippen molar-refractivity contribution in [2.24, 2.45) is 0 Å². The van der Waals surface area contributed by atoms with Crippen LogP contribution in [0.4, 0.5) is 17.6 Å². The van der Waals surface area contributed by atoms with E-state index in [4.69, 9.17) is 37.4 Å². The Morgan fingerprint density at radius 3 is 1.30 bits per heavy atom. The molecule has 626 valence electrons. The van der Waals surface area contributed by atoms with E-state index in [1.54, 1.807) is 6.07 Å². The van der Waals surface area contributed by atoms with Gasteiger partial charge >= 0.3 is 6.18 Å². The fourth-order valence-electron chi connectivity index (χ4n) is 16.4. The van der Waals surface area contributed by atoms with Gasteiger partial charge in [0.1, 0.15) is 24.8 Å². The van der Waals surface area contributed by atoms with Gasteiger partial charge in [-0.3, -0.25) is 19.2 Å². The van der Waals surface area contributed by atoms with Crippen LogP contribution in [-0.4, -0.2) is 183 Å². The molecule has 0 spiro atoms. The van der Waals surface area contributed by atoms with E-state index >= 15 is 0 Å². The first-order chi connectivity index (χ1) is 55.0. The maximum atomic E-state index is 14.1. The molecule has 6 aromatic carbocycles. The number of nitrogens with one attached hydrogen (secondary N) is 4. The second-order valence-electron chi connectivity index (χ2n) is 32.4. The Labute approximate surface area is 695 Å². The summed E-state index contributed by atoms with van der Waals surface area (Å²) in [7, 11) is 17.1. The Balaban J connectivity index is 0.000000193. The van der Waals surface area contributed by atoms with Crippen LogP contribution in [0, 0.1) is 12.7 Å². The first-order valence-corrected chi connectivity index (χ1v) is 42.4. The fourth-order valence-corrected chi connectivity index (χ4v) is 17.4. The van der Waals surface area contributed by atoms with E-state index in [2.05, 4.69) is 169 Å². The molecule has 0 aliphatic heterocycles. The third-order valence-corrected chi connectivity index (χ3v) is 25.2. The molecule has 1 heterocycles. The lowest BCUT2D eigenvalue weighted by molar-refractivity contribution is -0.138. The van der Waals surface area contributed by atoms with Crippen molar-refractivity contribution in [2.45, 2.75) is 219 Å². The molecule has 0 saturated heterocycles. The van der Waals surface area contributed by atoms with Crippen molar-refractivity contribution in [1.29, 1.82) is 0 Å². The quantitative estimate of drug-likeness (QED) is 0.0184. The number of rotatable bonds is 31. The molecular weight excluding hydrogens is 1520 g/mol. The molecule has 11 rings (SSSR count). The zero-order valence-corrected chi connectivity index (χ0v) is 71.4. The van der Waals surface area contributed by atoms with Crippen LogP contribution in [0.3, 0.4) is 0 Å². The lowest BCUT2D eigenvalue weighted by Crippen LogP contribution is -2.52. The predicted octanol–water partition coefficient (Wildman–Crippen LogP) is 17.4. The van der Waals surface area contributed by atoms with Crippen molar-refractivity contribution in [2.75, 3.05) is 88.6 Å². The van der Waals surface area contributed by atoms with E-state index in [0.29, 0.717) is 49.1 Å². The number of carbonyl (C=O) groups is 4. The van der Waals surface area contributed by atoms with E-state index in [9.17, 15) is 36.7 Å². The summed E-state index contributed by atoms with van der Waals surface area (Å²) in [6, 6.07) is 55.0. The van der Waals surface area contributed by atoms with Gasteiger partial charge in [-0.05, 0) is 287 Å². The minimum atomic E-state index is -4.41. The molecule has 23 heteroatoms. The molecule has 0 bridgehead atoms. The van der Waals surface area contributed by atoms with Gasteiger partial charge in [0, 0.05) is 75.6 Å². The number of hydrogen-bond donors (Lipinski definition) is 4. The molecule has 0 radical (unpaired) electrons. The van der Waals surface area contributed by atoms with Crippen LogP contribution >= 0.6 is 35.0 Å². The minimum Gasteiger partial charge on any atom is -0.493 e. The molecule has 4 aliphatic rings. The van der Waals surface area contributed by atoms with Gasteiger partial charge in [0.25, 0.3) is 0 Å². The van der Waals surface area contributed by atoms with Crippen LogP contribution < -0.4 is 26.0 Å². The van der Waals surface area contributed by atoms with Crippen molar-refractivity contribution in [3.63, 3.8) is 0 Å². The van der Waals surface area contributed by atoms with Crippen LogP contribution in [0.25, 0.3) is 0 Å². The van der Waals surface area contributed by atoms with E-state index in [1.807, 2.05) is 92.7 Å². The Morgan fingerprint density at radius 2 is 0.887 bits per heavy atom. The van der Waals surface area contributed by atoms with Gasteiger partial charge in [0.05, 0.1) is 29.6 Å². The third kappa shape index (κ3) is 30.2. The van der Waals surface area contributed by atoms with Gasteiger partial charge in [-0.15, -0.1) is 0 Å². The number of benzene rings is 6. The zero-order valence-electron chi connectivity index (χ0n) is 69.1. The molecule has 0 unspecified atom stereocenters. The molecule has 4 amide bonds. The van der Waals surface area contributed by atoms with Crippen molar-refractivity contribution in [3.05, 3.63) is 231 Å². The topological polar surface area (TPSA) is 170 Å². The molecule has 4 saturated carbocycles. The second kappa shape index (κ2) is 46.1. The largest absolute Gasteiger partial charge is 0.493 e. The number of likely N-dealkylation sites (N-methyl/N-ethyl adjacent to an activating group) is 4. The van der Waals surface area contributed by atoms with Gasteiger partial charge in [-0.1, -0.05) is 156 Å². The van der Waals surface area contributed by atoms with Crippen molar-refractivity contribution in [1.82, 2.24) is 45.9 Å². The maximum Gasteiger partial charge on any atom is 0.417 e. The second-order valence-corrected chi connectivity index (χ2v) is 34.3. The lowest BCUT2D eigenvalue weighted by Gasteiger charge is -2.45. The van der Waals surface area contributed by atoms with E-state index in [1.165, 1.54) is 28.8 Å². The van der Waals surface area contributed by atoms with Gasteiger partial charge < -0.3 is 55.1 Å². The predicted molar refractivity (Wildman–Crippen MR) is 456 cm³/mol. The van der Waals surface area contributed by atoms with Gasteiger partial charge in [0.15, 0.2) is 0 Å². The smallest absolute Gasteiger partial charge is 0.417 e. The number of pyridine rings is 1. The standard InChI is InChI=1S/C26H35ClN2O2.C24H31ClN2O2.C23H28F3N3OS.C19H29FN2O2/c1-20-18-22(27)11-12-24(20)31-17-7-10-25(30)28-23-13-15-26(16-14-23,29(2)3)19-21-8-5-4-6-9-21;1-27(2)24(16-19-8-10-21(25)11-9-19)14-12-22(13-15-24)26-23(28)18-29-17-20-6-4-3-5-7-20;1-29(2)22(14-17-6-4-3-5-7-17)12-10-19(11-13-22)28-20(30)16-31-21-9-8-18(15-27-21)23(24,25)26;1-4-24-14-18(23)21-16-9-11-19(12-10-16,22(2)3)13-15-7-5-6-8-17(15)20/h4-6,8-9,11-12,18,23H,7,10,13-17,19H2,1-3H3,(H,28,30);3-11,22H,12-18H2,1-2H3,(H,26,28);3-9,15,19H,10-14,16H2,1-2H3,(H,28,30);5-8,16H,4,9-14H2,1-3H3,(H,21,23). The van der Waals surface area contributed by atoms with E-state index in [0.717, 1.165) is 173 Å². The first kappa shape index (κ1) is 93.1. The summed E-state index contributed by atoms with van der Waals surface area (Å²) in [6.45, 7) is 5.62. The third-order valence-electron chi connectivity index (χ3n) is 23.7. The summed E-state index contributed by atoms with van der Waals surface area (Å²) < 4.78 is 68.4. The Hall–Kier alpha value is -7.44. The average molecular weight is 1650 g/mol. The van der Waals surface area contributed by atoms with Gasteiger partial charge in [0.2, 0.25) is 23.6 Å². The Morgan fingerprint density at radius 1 is 0.487 bits per heavy atom. The maximum absolute atomic E-state index is 14.1. The summed E-state index contributed by atoms with van der Waals surface area (Å²) in [4.78, 5) is 61.9. The van der Waals surface area contributed by atoms with Crippen LogP contribution in [0.1, 0.15) is 161 Å². The number of ether oxygens (including phenoxy) is 3. The number of amides is 4. The van der Waals surface area contributed by atoms with Gasteiger partial charge in [-0.25, -0.2) is 9.37 Å². The summed E-state index contributed by atoms with van der Waals surface area (Å²) in [5.41, 5.74) is 6.41. The molecule has 1 aromatic heterocycles. The Kier molecular flexibility index (Phi) is 37.3. The number of thioether (sulfide) groups is 1. The normalized spacial score (nSPS) is 22.1. The minimum absolute atomic E-state index is 0.0269. The number of carbonyl (C=O) groups excluding carboxylic acids is 4. The number of aromatic nitrogens is 1. The number of alkyl halides is 3. The summed E-state index contributed by atoms with van der Waals surface area (Å²) in [5, 5.41) is 14.4. The van der Waals surface area contributed by atoms with Crippen molar-refractivity contribution in [3.8, 4) is 5.75 Å². The highest BCUT2D eigenvalue weighted by Crippen LogP contribution is 2.41. The van der Waals surface area contributed by atoms with Gasteiger partial charge in [-0.2, -0.15) is 13.2 Å². The van der Waals surface area contributed by atoms with Crippen molar-refractivity contribution >= 4 is 58.6 Å². The first-order valence-electron chi connectivity index (χ1n) is 40.7. The summed E-state index contributed by atoms with van der Waals surface area (Å²) in [6.07, 6.45) is 17.1. The molecule has 4 fully saturated rings. The highest BCUT2D eigenvalue weighted by Gasteiger charge is 2.42. The summed E-state index contributed by atoms with van der Waals surface area (Å²) >= 11 is 13.2. The zero-order chi connectivity index (χ0) is 83.0. The molecule has 16 nitrogen and oxygen atoms in total. The van der Waals surface area contributed by atoms with Crippen LogP contribution in [0.15, 0.2) is 181 Å². The van der Waals surface area contributed by atoms with Crippen LogP contribution in [0.5, 0.6) is 5.75 Å². The molecule has 0 atom stereocenters. The number of aryl methyl sites for hydroxylation is 1. The van der Waals surface area contributed by atoms with Crippen molar-refractivity contribution < 1.29 is 51.0 Å². The Bertz CT molecular complexity index is 4050. The van der Waals surface area contributed by atoms with E-state index in [-0.39, 0.29) is 94.7 Å². The highest BCUT2D eigenvalue weighted by atomic mass is 35.5. The number of halogens is 6. The number of nitrogens with zero attached hydrogens (tertiary/aromatic N) is 5. The molecule has 4 aliphatic carbocycles. The average Bonchev–Trinajstić information content (AvgIpc) is 0.824. The highest BCUT2D eigenvalue weighted by molar-refractivity contribution is 7.99. The molecule has 4 N–H and O–H groups in total.